The first-order valence-corrected chi connectivity index (χ1v) is 12.0. The lowest BCUT2D eigenvalue weighted by molar-refractivity contribution is -0.111. The monoisotopic (exact) mass is 488 g/mol. The van der Waals surface area contributed by atoms with Crippen LogP contribution in [-0.2, 0) is 22.6 Å². The van der Waals surface area contributed by atoms with Crippen molar-refractivity contribution < 1.29 is 18.7 Å². The smallest absolute Gasteiger partial charge is 0.291 e. The van der Waals surface area contributed by atoms with E-state index in [1.54, 1.807) is 24.5 Å². The van der Waals surface area contributed by atoms with Crippen LogP contribution in [0.4, 0.5) is 5.69 Å². The molecule has 2 aliphatic heterocycles. The van der Waals surface area contributed by atoms with Gasteiger partial charge in [0.1, 0.15) is 11.5 Å². The Morgan fingerprint density at radius 2 is 1.75 bits per heavy atom. The van der Waals surface area contributed by atoms with Crippen LogP contribution in [0.15, 0.2) is 59.5 Å². The number of rotatable bonds is 8. The Hall–Kier alpha value is -3.76. The van der Waals surface area contributed by atoms with E-state index in [1.165, 1.54) is 0 Å². The number of hydrogen-bond acceptors (Lipinski definition) is 7. The standard InChI is InChI=1S/C26H28N6O4/c1-25(14-34-15-25)12-31-10-18(9-28-31)21-6-7-22(36-21)24(33)29-20-11-32(13-26(2)16-35-17-26)30-23(20)19-5-3-4-8-27-19/h3-11H,12-17H2,1-2H3,(H,29,33). The maximum atomic E-state index is 13.1. The van der Waals surface area contributed by atoms with Crippen molar-refractivity contribution in [2.45, 2.75) is 26.9 Å². The molecule has 0 saturated carbocycles. The molecular formula is C26H28N6O4. The van der Waals surface area contributed by atoms with Crippen LogP contribution in [0.5, 0.6) is 0 Å². The highest BCUT2D eigenvalue weighted by molar-refractivity contribution is 6.04. The van der Waals surface area contributed by atoms with Gasteiger partial charge in [0, 0.05) is 29.4 Å². The number of hydrogen-bond donors (Lipinski definition) is 1. The van der Waals surface area contributed by atoms with Gasteiger partial charge in [-0.2, -0.15) is 10.2 Å². The summed E-state index contributed by atoms with van der Waals surface area (Å²) < 4.78 is 20.3. The molecule has 0 aromatic carbocycles. The number of pyridine rings is 1. The van der Waals surface area contributed by atoms with E-state index in [0.29, 0.717) is 42.6 Å². The van der Waals surface area contributed by atoms with E-state index >= 15 is 0 Å². The minimum absolute atomic E-state index is 0.0259. The number of nitrogens with one attached hydrogen (secondary N) is 1. The van der Waals surface area contributed by atoms with Crippen LogP contribution in [0.25, 0.3) is 22.7 Å². The third-order valence-electron chi connectivity index (χ3n) is 6.55. The van der Waals surface area contributed by atoms with Gasteiger partial charge in [0.05, 0.1) is 62.7 Å². The average Bonchev–Trinajstić information content (AvgIpc) is 3.57. The van der Waals surface area contributed by atoms with Crippen LogP contribution in [0.3, 0.4) is 0 Å². The van der Waals surface area contributed by atoms with Gasteiger partial charge in [-0.05, 0) is 24.3 Å². The van der Waals surface area contributed by atoms with Gasteiger partial charge >= 0.3 is 0 Å². The van der Waals surface area contributed by atoms with Crippen LogP contribution in [-0.4, -0.2) is 56.9 Å². The summed E-state index contributed by atoms with van der Waals surface area (Å²) in [7, 11) is 0. The molecule has 1 N–H and O–H groups in total. The van der Waals surface area contributed by atoms with E-state index in [-0.39, 0.29) is 22.5 Å². The second-order valence-electron chi connectivity index (χ2n) is 10.5. The predicted octanol–water partition coefficient (Wildman–Crippen LogP) is 3.73. The van der Waals surface area contributed by atoms with Gasteiger partial charge in [-0.15, -0.1) is 0 Å². The topological polar surface area (TPSA) is 109 Å². The maximum absolute atomic E-state index is 13.1. The lowest BCUT2D eigenvalue weighted by Crippen LogP contribution is -2.43. The number of anilines is 1. The summed E-state index contributed by atoms with van der Waals surface area (Å²) in [4.78, 5) is 17.5. The zero-order chi connectivity index (χ0) is 24.8. The van der Waals surface area contributed by atoms with Gasteiger partial charge in [-0.3, -0.25) is 19.1 Å². The lowest BCUT2D eigenvalue weighted by Gasteiger charge is -2.37. The number of aromatic nitrogens is 5. The number of nitrogens with zero attached hydrogens (tertiary/aromatic N) is 5. The van der Waals surface area contributed by atoms with Crippen molar-refractivity contribution in [3.63, 3.8) is 0 Å². The van der Waals surface area contributed by atoms with Crippen molar-refractivity contribution in [2.75, 3.05) is 31.7 Å². The number of furan rings is 1. The van der Waals surface area contributed by atoms with Gasteiger partial charge in [0.15, 0.2) is 5.76 Å². The van der Waals surface area contributed by atoms with Crippen LogP contribution >= 0.6 is 0 Å². The third kappa shape index (κ3) is 4.45. The van der Waals surface area contributed by atoms with E-state index in [2.05, 4.69) is 29.2 Å². The Kier molecular flexibility index (Phi) is 5.50. The maximum Gasteiger partial charge on any atom is 0.291 e. The molecule has 0 aliphatic carbocycles. The summed E-state index contributed by atoms with van der Waals surface area (Å²) in [5.41, 5.74) is 2.81. The average molecular weight is 489 g/mol. The fourth-order valence-corrected chi connectivity index (χ4v) is 4.53. The fourth-order valence-electron chi connectivity index (χ4n) is 4.53. The lowest BCUT2D eigenvalue weighted by atomic mass is 9.89. The molecule has 4 aromatic heterocycles. The Bertz CT molecular complexity index is 1380. The minimum Gasteiger partial charge on any atom is -0.451 e. The molecule has 1 amide bonds. The molecule has 0 radical (unpaired) electrons. The zero-order valence-electron chi connectivity index (χ0n) is 20.3. The second kappa shape index (κ2) is 8.72. The molecule has 0 bridgehead atoms. The largest absolute Gasteiger partial charge is 0.451 e. The van der Waals surface area contributed by atoms with Gasteiger partial charge < -0.3 is 19.2 Å². The highest BCUT2D eigenvalue weighted by atomic mass is 16.5. The summed E-state index contributed by atoms with van der Waals surface area (Å²) in [5.74, 6) is 0.429. The Morgan fingerprint density at radius 3 is 2.42 bits per heavy atom. The van der Waals surface area contributed by atoms with Crippen LogP contribution in [0.1, 0.15) is 24.4 Å². The van der Waals surface area contributed by atoms with Crippen molar-refractivity contribution in [3.05, 3.63) is 60.9 Å². The Morgan fingerprint density at radius 1 is 1.00 bits per heavy atom. The SMILES string of the molecule is CC1(Cn2cc(-c3ccc(C(=O)Nc4cn(CC5(C)COC5)nc4-c4ccccn4)o3)cn2)COC1. The van der Waals surface area contributed by atoms with Crippen molar-refractivity contribution in [3.8, 4) is 22.7 Å². The van der Waals surface area contributed by atoms with E-state index in [0.717, 1.165) is 25.3 Å². The molecule has 4 aromatic rings. The zero-order valence-corrected chi connectivity index (χ0v) is 20.3. The summed E-state index contributed by atoms with van der Waals surface area (Å²) in [6.07, 6.45) is 7.22. The molecule has 6 rings (SSSR count). The molecule has 2 fully saturated rings. The highest BCUT2D eigenvalue weighted by Gasteiger charge is 2.35. The molecule has 186 valence electrons. The Balaban J connectivity index is 1.20. The minimum atomic E-state index is -0.359. The summed E-state index contributed by atoms with van der Waals surface area (Å²) >= 11 is 0. The normalized spacial score (nSPS) is 17.8. The molecule has 10 heteroatoms. The first-order chi connectivity index (χ1) is 17.4. The first kappa shape index (κ1) is 22.7. The number of amides is 1. The number of carbonyl (C=O) groups excluding carboxylic acids is 1. The predicted molar refractivity (Wildman–Crippen MR) is 131 cm³/mol. The van der Waals surface area contributed by atoms with Crippen LogP contribution in [0.2, 0.25) is 0 Å². The fraction of sp³-hybridized carbons (Fsp3) is 0.385. The van der Waals surface area contributed by atoms with Crippen molar-refractivity contribution in [1.29, 1.82) is 0 Å². The summed E-state index contributed by atoms with van der Waals surface area (Å²) in [6, 6.07) is 9.06. The van der Waals surface area contributed by atoms with E-state index < -0.39 is 0 Å². The van der Waals surface area contributed by atoms with E-state index in [1.807, 2.05) is 40.0 Å². The van der Waals surface area contributed by atoms with E-state index in [9.17, 15) is 4.79 Å². The second-order valence-corrected chi connectivity index (χ2v) is 10.5. The molecule has 6 heterocycles. The van der Waals surface area contributed by atoms with Crippen LogP contribution in [0, 0.1) is 10.8 Å². The number of ether oxygens (including phenoxy) is 2. The molecule has 0 unspecified atom stereocenters. The quantitative estimate of drug-likeness (QED) is 0.402. The van der Waals surface area contributed by atoms with Gasteiger partial charge in [-0.1, -0.05) is 19.9 Å². The molecule has 2 aliphatic rings. The summed E-state index contributed by atoms with van der Waals surface area (Å²) in [6.45, 7) is 8.63. The molecule has 2 saturated heterocycles. The Labute approximate surface area is 208 Å². The summed E-state index contributed by atoms with van der Waals surface area (Å²) in [5, 5.41) is 12.1. The third-order valence-corrected chi connectivity index (χ3v) is 6.55. The first-order valence-electron chi connectivity index (χ1n) is 12.0. The van der Waals surface area contributed by atoms with Gasteiger partial charge in [-0.25, -0.2) is 0 Å². The number of carbonyl (C=O) groups is 1. The van der Waals surface area contributed by atoms with Gasteiger partial charge in [0.2, 0.25) is 0 Å². The highest BCUT2D eigenvalue weighted by Crippen LogP contribution is 2.32. The van der Waals surface area contributed by atoms with Crippen molar-refractivity contribution in [2.24, 2.45) is 10.8 Å². The van der Waals surface area contributed by atoms with Crippen LogP contribution < -0.4 is 5.32 Å². The van der Waals surface area contributed by atoms with Crippen molar-refractivity contribution >= 4 is 11.6 Å². The molecule has 10 nitrogen and oxygen atoms in total. The van der Waals surface area contributed by atoms with Gasteiger partial charge in [0.25, 0.3) is 5.91 Å². The molecular weight excluding hydrogens is 460 g/mol. The van der Waals surface area contributed by atoms with E-state index in [4.69, 9.17) is 19.0 Å². The molecule has 0 spiro atoms. The molecule has 0 atom stereocenters. The molecule has 36 heavy (non-hydrogen) atoms. The van der Waals surface area contributed by atoms with Crippen molar-refractivity contribution in [1.82, 2.24) is 24.5 Å².